The quantitative estimate of drug-likeness (QED) is 0.801. The van der Waals surface area contributed by atoms with Gasteiger partial charge in [-0.25, -0.2) is 0 Å². The standard InChI is InChI=1S/C12H18N2O3/c1-6(2)8-7-9(17-13-8)11(16)14(10(7)15)12(3,4)5/h6,15-16H,1-5H3. The van der Waals surface area contributed by atoms with Gasteiger partial charge in [0.05, 0.1) is 5.69 Å². The predicted octanol–water partition coefficient (Wildman–Crippen LogP) is 2.92. The summed E-state index contributed by atoms with van der Waals surface area (Å²) in [4.78, 5) is 0. The third-order valence-electron chi connectivity index (χ3n) is 2.79. The van der Waals surface area contributed by atoms with Crippen molar-refractivity contribution in [2.24, 2.45) is 0 Å². The number of aromatic nitrogens is 2. The molecule has 0 atom stereocenters. The van der Waals surface area contributed by atoms with E-state index in [1.165, 1.54) is 4.57 Å². The van der Waals surface area contributed by atoms with Crippen LogP contribution in [0.2, 0.25) is 0 Å². The van der Waals surface area contributed by atoms with Crippen LogP contribution in [0.3, 0.4) is 0 Å². The van der Waals surface area contributed by atoms with Crippen molar-refractivity contribution in [3.8, 4) is 11.8 Å². The van der Waals surface area contributed by atoms with Crippen molar-refractivity contribution < 1.29 is 14.7 Å². The molecule has 5 heteroatoms. The van der Waals surface area contributed by atoms with E-state index < -0.39 is 5.54 Å². The third kappa shape index (κ3) is 1.57. The minimum absolute atomic E-state index is 0.00921. The number of hydrogen-bond acceptors (Lipinski definition) is 4. The lowest BCUT2D eigenvalue weighted by Crippen LogP contribution is -2.20. The molecule has 2 heterocycles. The molecule has 0 saturated heterocycles. The largest absolute Gasteiger partial charge is 0.494 e. The smallest absolute Gasteiger partial charge is 0.242 e. The molecule has 0 aliphatic heterocycles. The first kappa shape index (κ1) is 11.8. The Kier molecular flexibility index (Phi) is 2.38. The van der Waals surface area contributed by atoms with E-state index in [2.05, 4.69) is 5.16 Å². The lowest BCUT2D eigenvalue weighted by Gasteiger charge is -2.22. The minimum atomic E-state index is -0.427. The monoisotopic (exact) mass is 238 g/mol. The van der Waals surface area contributed by atoms with Crippen LogP contribution >= 0.6 is 0 Å². The fraction of sp³-hybridized carbons (Fsp3) is 0.583. The summed E-state index contributed by atoms with van der Waals surface area (Å²) in [5, 5.41) is 24.7. The summed E-state index contributed by atoms with van der Waals surface area (Å²) in [6.45, 7) is 9.61. The minimum Gasteiger partial charge on any atom is -0.494 e. The number of aromatic hydroxyl groups is 2. The summed E-state index contributed by atoms with van der Waals surface area (Å²) in [6.07, 6.45) is 0. The van der Waals surface area contributed by atoms with Gasteiger partial charge >= 0.3 is 0 Å². The van der Waals surface area contributed by atoms with Gasteiger partial charge in [0, 0.05) is 5.54 Å². The normalized spacial score (nSPS) is 12.8. The summed E-state index contributed by atoms with van der Waals surface area (Å²) >= 11 is 0. The molecule has 0 radical (unpaired) electrons. The van der Waals surface area contributed by atoms with E-state index in [0.717, 1.165) is 0 Å². The molecule has 2 N–H and O–H groups in total. The maximum Gasteiger partial charge on any atom is 0.242 e. The zero-order valence-electron chi connectivity index (χ0n) is 10.8. The summed E-state index contributed by atoms with van der Waals surface area (Å²) < 4.78 is 6.57. The van der Waals surface area contributed by atoms with Crippen LogP contribution in [0.4, 0.5) is 0 Å². The maximum atomic E-state index is 10.2. The van der Waals surface area contributed by atoms with Gasteiger partial charge in [-0.3, -0.25) is 4.57 Å². The molecular formula is C12H18N2O3. The van der Waals surface area contributed by atoms with E-state index in [0.29, 0.717) is 11.1 Å². The Morgan fingerprint density at radius 3 is 2.24 bits per heavy atom. The van der Waals surface area contributed by atoms with Gasteiger partial charge in [-0.15, -0.1) is 0 Å². The van der Waals surface area contributed by atoms with E-state index in [-0.39, 0.29) is 23.3 Å². The molecule has 2 aromatic rings. The van der Waals surface area contributed by atoms with Crippen molar-refractivity contribution in [3.05, 3.63) is 5.69 Å². The second-order valence-electron chi connectivity index (χ2n) is 5.58. The van der Waals surface area contributed by atoms with Gasteiger partial charge in [0.25, 0.3) is 0 Å². The highest BCUT2D eigenvalue weighted by Gasteiger charge is 2.30. The molecule has 17 heavy (non-hydrogen) atoms. The zero-order valence-corrected chi connectivity index (χ0v) is 10.8. The van der Waals surface area contributed by atoms with E-state index in [1.807, 2.05) is 34.6 Å². The number of nitrogens with zero attached hydrogens (tertiary/aromatic N) is 2. The average Bonchev–Trinajstić information content (AvgIpc) is 2.66. The summed E-state index contributed by atoms with van der Waals surface area (Å²) in [7, 11) is 0. The van der Waals surface area contributed by atoms with Crippen molar-refractivity contribution in [3.63, 3.8) is 0 Å². The summed E-state index contributed by atoms with van der Waals surface area (Å²) in [5.41, 5.74) is 0.487. The lowest BCUT2D eigenvalue weighted by atomic mass is 10.1. The molecule has 0 saturated carbocycles. The van der Waals surface area contributed by atoms with E-state index >= 15 is 0 Å². The van der Waals surface area contributed by atoms with Gasteiger partial charge in [0.1, 0.15) is 5.39 Å². The van der Waals surface area contributed by atoms with Crippen molar-refractivity contribution in [1.82, 2.24) is 9.72 Å². The van der Waals surface area contributed by atoms with Gasteiger partial charge < -0.3 is 14.7 Å². The highest BCUT2D eigenvalue weighted by molar-refractivity contribution is 5.90. The van der Waals surface area contributed by atoms with E-state index in [9.17, 15) is 10.2 Å². The van der Waals surface area contributed by atoms with Gasteiger partial charge in [0.2, 0.25) is 17.3 Å². The highest BCUT2D eigenvalue weighted by atomic mass is 16.5. The van der Waals surface area contributed by atoms with Gasteiger partial charge in [-0.1, -0.05) is 19.0 Å². The van der Waals surface area contributed by atoms with Crippen molar-refractivity contribution in [2.45, 2.75) is 46.1 Å². The third-order valence-corrected chi connectivity index (χ3v) is 2.79. The molecule has 5 nitrogen and oxygen atoms in total. The second kappa shape index (κ2) is 3.42. The van der Waals surface area contributed by atoms with Gasteiger partial charge in [-0.05, 0) is 26.7 Å². The molecule has 0 aromatic carbocycles. The molecule has 0 unspecified atom stereocenters. The molecule has 0 spiro atoms. The van der Waals surface area contributed by atoms with Crippen molar-refractivity contribution in [2.75, 3.05) is 0 Å². The van der Waals surface area contributed by atoms with Crippen LogP contribution in [0.1, 0.15) is 46.2 Å². The average molecular weight is 238 g/mol. The SMILES string of the molecule is CC(C)c1noc2c(O)n(C(C)(C)C)c(O)c12. The first-order chi connectivity index (χ1) is 7.75. The van der Waals surface area contributed by atoms with Crippen LogP contribution in [-0.4, -0.2) is 19.9 Å². The van der Waals surface area contributed by atoms with Crippen LogP contribution in [-0.2, 0) is 5.54 Å². The first-order valence-corrected chi connectivity index (χ1v) is 5.67. The summed E-state index contributed by atoms with van der Waals surface area (Å²) in [5.74, 6) is 0.0525. The Labute approximate surface area is 99.6 Å². The molecule has 94 valence electrons. The molecule has 0 aliphatic rings. The molecule has 0 bridgehead atoms. The maximum absolute atomic E-state index is 10.2. The Bertz CT molecular complexity index is 558. The van der Waals surface area contributed by atoms with Crippen molar-refractivity contribution >= 4 is 11.0 Å². The van der Waals surface area contributed by atoms with Gasteiger partial charge in [0.15, 0.2) is 0 Å². The molecule has 0 fully saturated rings. The predicted molar refractivity (Wildman–Crippen MR) is 64.4 cm³/mol. The molecule has 0 amide bonds. The lowest BCUT2D eigenvalue weighted by molar-refractivity contribution is 0.281. The van der Waals surface area contributed by atoms with E-state index in [1.54, 1.807) is 0 Å². The molecule has 2 aromatic heterocycles. The topological polar surface area (TPSA) is 71.4 Å². The highest BCUT2D eigenvalue weighted by Crippen LogP contribution is 2.43. The number of rotatable bonds is 1. The van der Waals surface area contributed by atoms with Crippen LogP contribution in [0, 0.1) is 0 Å². The zero-order chi connectivity index (χ0) is 13.0. The van der Waals surface area contributed by atoms with E-state index in [4.69, 9.17) is 4.52 Å². The first-order valence-electron chi connectivity index (χ1n) is 5.67. The molecule has 0 aliphatic carbocycles. The van der Waals surface area contributed by atoms with Crippen molar-refractivity contribution in [1.29, 1.82) is 0 Å². The molecule has 2 rings (SSSR count). The Balaban J connectivity index is 2.83. The van der Waals surface area contributed by atoms with Crippen LogP contribution < -0.4 is 0 Å². The Morgan fingerprint density at radius 2 is 1.76 bits per heavy atom. The number of fused-ring (bicyclic) bond motifs is 1. The van der Waals surface area contributed by atoms with Crippen LogP contribution in [0.25, 0.3) is 11.0 Å². The van der Waals surface area contributed by atoms with Crippen LogP contribution in [0.5, 0.6) is 11.8 Å². The Morgan fingerprint density at radius 1 is 1.18 bits per heavy atom. The second-order valence-corrected chi connectivity index (χ2v) is 5.58. The van der Waals surface area contributed by atoms with Gasteiger partial charge in [-0.2, -0.15) is 0 Å². The molecular weight excluding hydrogens is 220 g/mol. The fourth-order valence-electron chi connectivity index (χ4n) is 2.01. The summed E-state index contributed by atoms with van der Waals surface area (Å²) in [6, 6.07) is 0. The Hall–Kier alpha value is -1.65. The fourth-order valence-corrected chi connectivity index (χ4v) is 2.01. The number of hydrogen-bond donors (Lipinski definition) is 2. The van der Waals surface area contributed by atoms with Crippen LogP contribution in [0.15, 0.2) is 4.52 Å².